The van der Waals surface area contributed by atoms with Crippen molar-refractivity contribution in [2.45, 2.75) is 6.92 Å². The molecule has 2 aromatic rings. The Morgan fingerprint density at radius 1 is 1.21 bits per heavy atom. The lowest BCUT2D eigenvalue weighted by atomic mass is 10.2. The molecule has 2 rings (SSSR count). The summed E-state index contributed by atoms with van der Waals surface area (Å²) in [6.45, 7) is 1.94. The molecule has 70 valence electrons. The highest BCUT2D eigenvalue weighted by molar-refractivity contribution is 6.33. The first-order chi connectivity index (χ1) is 6.77. The molecule has 14 heavy (non-hydrogen) atoms. The average Bonchev–Trinajstić information content (AvgIpc) is 2.23. The highest BCUT2D eigenvalue weighted by atomic mass is 35.5. The molecule has 0 unspecified atom stereocenters. The summed E-state index contributed by atoms with van der Waals surface area (Å²) in [5, 5.41) is 0.656. The number of pyridine rings is 2. The molecular weight excluding hydrogens is 196 g/mol. The lowest BCUT2D eigenvalue weighted by Crippen LogP contribution is -1.88. The quantitative estimate of drug-likeness (QED) is 0.714. The zero-order valence-corrected chi connectivity index (χ0v) is 8.49. The van der Waals surface area contributed by atoms with E-state index in [1.165, 1.54) is 0 Å². The Morgan fingerprint density at radius 3 is 2.79 bits per heavy atom. The fourth-order valence-electron chi connectivity index (χ4n) is 1.24. The second-order valence-corrected chi connectivity index (χ2v) is 3.43. The van der Waals surface area contributed by atoms with E-state index in [0.29, 0.717) is 5.02 Å². The van der Waals surface area contributed by atoms with E-state index in [1.54, 1.807) is 12.4 Å². The SMILES string of the molecule is Cc1ccc(Cl)c(-c2cccnc2)n1. The molecule has 0 aliphatic rings. The highest BCUT2D eigenvalue weighted by Gasteiger charge is 2.04. The smallest absolute Gasteiger partial charge is 0.0906 e. The third-order valence-electron chi connectivity index (χ3n) is 1.92. The number of hydrogen-bond donors (Lipinski definition) is 0. The minimum absolute atomic E-state index is 0.656. The van der Waals surface area contributed by atoms with Crippen LogP contribution in [0.4, 0.5) is 0 Å². The first-order valence-corrected chi connectivity index (χ1v) is 4.69. The predicted octanol–water partition coefficient (Wildman–Crippen LogP) is 3.11. The van der Waals surface area contributed by atoms with Crippen molar-refractivity contribution in [1.82, 2.24) is 9.97 Å². The van der Waals surface area contributed by atoms with Gasteiger partial charge in [-0.1, -0.05) is 11.6 Å². The summed E-state index contributed by atoms with van der Waals surface area (Å²) in [5.74, 6) is 0. The maximum absolute atomic E-state index is 6.04. The van der Waals surface area contributed by atoms with Gasteiger partial charge in [0.15, 0.2) is 0 Å². The molecule has 2 heterocycles. The molecule has 0 N–H and O–H groups in total. The van der Waals surface area contributed by atoms with Crippen LogP contribution >= 0.6 is 11.6 Å². The van der Waals surface area contributed by atoms with Crippen LogP contribution in [0.5, 0.6) is 0 Å². The van der Waals surface area contributed by atoms with E-state index >= 15 is 0 Å². The monoisotopic (exact) mass is 204 g/mol. The number of halogens is 1. The molecule has 0 spiro atoms. The van der Waals surface area contributed by atoms with Crippen LogP contribution in [-0.2, 0) is 0 Å². The van der Waals surface area contributed by atoms with E-state index in [4.69, 9.17) is 11.6 Å². The van der Waals surface area contributed by atoms with E-state index in [-0.39, 0.29) is 0 Å². The molecule has 0 atom stereocenters. The largest absolute Gasteiger partial charge is 0.264 e. The van der Waals surface area contributed by atoms with Crippen molar-refractivity contribution in [1.29, 1.82) is 0 Å². The van der Waals surface area contributed by atoms with Crippen LogP contribution in [-0.4, -0.2) is 9.97 Å². The zero-order valence-electron chi connectivity index (χ0n) is 7.74. The fraction of sp³-hybridized carbons (Fsp3) is 0.0909. The number of hydrogen-bond acceptors (Lipinski definition) is 2. The minimum atomic E-state index is 0.656. The van der Waals surface area contributed by atoms with Crippen LogP contribution < -0.4 is 0 Å². The summed E-state index contributed by atoms with van der Waals surface area (Å²) in [6, 6.07) is 7.56. The van der Waals surface area contributed by atoms with Crippen LogP contribution in [0.3, 0.4) is 0 Å². The lowest BCUT2D eigenvalue weighted by Gasteiger charge is -2.03. The number of nitrogens with zero attached hydrogens (tertiary/aromatic N) is 2. The molecule has 0 saturated heterocycles. The van der Waals surface area contributed by atoms with Gasteiger partial charge in [-0.15, -0.1) is 0 Å². The van der Waals surface area contributed by atoms with Crippen molar-refractivity contribution >= 4 is 11.6 Å². The van der Waals surface area contributed by atoms with Gasteiger partial charge in [0.2, 0.25) is 0 Å². The van der Waals surface area contributed by atoms with Crippen LogP contribution in [0.2, 0.25) is 5.02 Å². The summed E-state index contributed by atoms with van der Waals surface area (Å²) in [4.78, 5) is 8.40. The zero-order chi connectivity index (χ0) is 9.97. The summed E-state index contributed by atoms with van der Waals surface area (Å²) >= 11 is 6.04. The highest BCUT2D eigenvalue weighted by Crippen LogP contribution is 2.24. The molecule has 0 amide bonds. The molecule has 3 heteroatoms. The van der Waals surface area contributed by atoms with E-state index in [9.17, 15) is 0 Å². The van der Waals surface area contributed by atoms with Gasteiger partial charge in [-0.05, 0) is 31.2 Å². The molecular formula is C11H9ClN2. The third-order valence-corrected chi connectivity index (χ3v) is 2.23. The Balaban J connectivity index is 2.57. The van der Waals surface area contributed by atoms with Gasteiger partial charge in [0.05, 0.1) is 10.7 Å². The van der Waals surface area contributed by atoms with Crippen molar-refractivity contribution in [2.75, 3.05) is 0 Å². The topological polar surface area (TPSA) is 25.8 Å². The molecule has 0 radical (unpaired) electrons. The van der Waals surface area contributed by atoms with Gasteiger partial charge in [-0.2, -0.15) is 0 Å². The maximum atomic E-state index is 6.04. The van der Waals surface area contributed by atoms with Crippen molar-refractivity contribution in [3.05, 3.63) is 47.4 Å². The van der Waals surface area contributed by atoms with E-state index in [0.717, 1.165) is 17.0 Å². The van der Waals surface area contributed by atoms with Crippen molar-refractivity contribution in [3.8, 4) is 11.3 Å². The maximum Gasteiger partial charge on any atom is 0.0906 e. The Labute approximate surface area is 87.6 Å². The van der Waals surface area contributed by atoms with Crippen molar-refractivity contribution in [3.63, 3.8) is 0 Å². The molecule has 0 aromatic carbocycles. The summed E-state index contributed by atoms with van der Waals surface area (Å²) in [7, 11) is 0. The van der Waals surface area contributed by atoms with Gasteiger partial charge >= 0.3 is 0 Å². The minimum Gasteiger partial charge on any atom is -0.264 e. The molecule has 0 aliphatic heterocycles. The van der Waals surface area contributed by atoms with Crippen LogP contribution in [0.15, 0.2) is 36.7 Å². The molecule has 0 bridgehead atoms. The van der Waals surface area contributed by atoms with Gasteiger partial charge in [-0.25, -0.2) is 0 Å². The predicted molar refractivity (Wildman–Crippen MR) is 57.2 cm³/mol. The molecule has 0 saturated carbocycles. The number of aromatic nitrogens is 2. The number of rotatable bonds is 1. The van der Waals surface area contributed by atoms with Gasteiger partial charge in [0.1, 0.15) is 0 Å². The molecule has 2 aromatic heterocycles. The van der Waals surface area contributed by atoms with Crippen LogP contribution in [0.25, 0.3) is 11.3 Å². The van der Waals surface area contributed by atoms with Crippen molar-refractivity contribution < 1.29 is 0 Å². The van der Waals surface area contributed by atoms with Gasteiger partial charge in [-0.3, -0.25) is 9.97 Å². The fourth-order valence-corrected chi connectivity index (χ4v) is 1.46. The average molecular weight is 205 g/mol. The first-order valence-electron chi connectivity index (χ1n) is 4.31. The number of aryl methyl sites for hydroxylation is 1. The summed E-state index contributed by atoms with van der Waals surface area (Å²) in [5.41, 5.74) is 2.69. The molecule has 0 aliphatic carbocycles. The normalized spacial score (nSPS) is 10.1. The van der Waals surface area contributed by atoms with Gasteiger partial charge < -0.3 is 0 Å². The third kappa shape index (κ3) is 1.75. The first kappa shape index (κ1) is 9.16. The van der Waals surface area contributed by atoms with E-state index in [2.05, 4.69) is 9.97 Å². The lowest BCUT2D eigenvalue weighted by molar-refractivity contribution is 1.19. The van der Waals surface area contributed by atoms with E-state index in [1.807, 2.05) is 31.2 Å². The Morgan fingerprint density at radius 2 is 2.07 bits per heavy atom. The van der Waals surface area contributed by atoms with Crippen LogP contribution in [0, 0.1) is 6.92 Å². The molecule has 2 nitrogen and oxygen atoms in total. The van der Waals surface area contributed by atoms with Crippen LogP contribution in [0.1, 0.15) is 5.69 Å². The summed E-state index contributed by atoms with van der Waals surface area (Å²) in [6.07, 6.45) is 3.49. The Bertz CT molecular complexity index is 440. The Kier molecular flexibility index (Phi) is 2.46. The second kappa shape index (κ2) is 3.76. The standard InChI is InChI=1S/C11H9ClN2/c1-8-4-5-10(12)11(14-8)9-3-2-6-13-7-9/h2-7H,1H3. The second-order valence-electron chi connectivity index (χ2n) is 3.02. The molecule has 0 fully saturated rings. The Hall–Kier alpha value is -1.41. The van der Waals surface area contributed by atoms with Crippen molar-refractivity contribution in [2.24, 2.45) is 0 Å². The van der Waals surface area contributed by atoms with Gasteiger partial charge in [0.25, 0.3) is 0 Å². The summed E-state index contributed by atoms with van der Waals surface area (Å²) < 4.78 is 0. The van der Waals surface area contributed by atoms with Gasteiger partial charge in [0, 0.05) is 23.7 Å². The van der Waals surface area contributed by atoms with E-state index < -0.39 is 0 Å².